The van der Waals surface area contributed by atoms with Gasteiger partial charge in [-0.1, -0.05) is 6.92 Å². The molecule has 96 valence electrons. The fourth-order valence-corrected chi connectivity index (χ4v) is 1.77. The fraction of sp³-hybridized carbons (Fsp3) is 0.182. The number of aryl methyl sites for hydroxylation is 1. The summed E-state index contributed by atoms with van der Waals surface area (Å²) in [7, 11) is 0. The van der Waals surface area contributed by atoms with Crippen molar-refractivity contribution in [3.05, 3.63) is 36.3 Å². The Balaban J connectivity index is 2.21. The summed E-state index contributed by atoms with van der Waals surface area (Å²) in [6, 6.07) is 1.83. The van der Waals surface area contributed by atoms with Gasteiger partial charge in [-0.2, -0.15) is 14.6 Å². The molecule has 0 unspecified atom stereocenters. The van der Waals surface area contributed by atoms with Crippen molar-refractivity contribution < 1.29 is 9.90 Å². The standard InChI is InChI=1S/C11H10N6O2/c1-2-7-3-9(17-11(15-7)12-5-14-17)16-4-8(10(18)19)13-6-16/h3-6H,2H2,1H3,(H,18,19). The van der Waals surface area contributed by atoms with Crippen LogP contribution < -0.4 is 0 Å². The third-order valence-electron chi connectivity index (χ3n) is 2.71. The molecule has 3 heterocycles. The Kier molecular flexibility index (Phi) is 2.48. The normalized spacial score (nSPS) is 11.0. The van der Waals surface area contributed by atoms with Crippen molar-refractivity contribution in [1.29, 1.82) is 0 Å². The van der Waals surface area contributed by atoms with Crippen molar-refractivity contribution in [3.63, 3.8) is 0 Å². The minimum absolute atomic E-state index is 0.0249. The summed E-state index contributed by atoms with van der Waals surface area (Å²) >= 11 is 0. The average molecular weight is 258 g/mol. The zero-order valence-electron chi connectivity index (χ0n) is 10.1. The van der Waals surface area contributed by atoms with Crippen molar-refractivity contribution in [3.8, 4) is 5.82 Å². The molecule has 0 spiro atoms. The number of nitrogens with zero attached hydrogens (tertiary/aromatic N) is 6. The van der Waals surface area contributed by atoms with E-state index in [0.717, 1.165) is 12.1 Å². The van der Waals surface area contributed by atoms with Crippen LogP contribution in [0.25, 0.3) is 11.6 Å². The molecule has 0 amide bonds. The predicted molar refractivity (Wildman–Crippen MR) is 64.2 cm³/mol. The van der Waals surface area contributed by atoms with Crippen molar-refractivity contribution >= 4 is 11.7 Å². The van der Waals surface area contributed by atoms with E-state index >= 15 is 0 Å². The van der Waals surface area contributed by atoms with Gasteiger partial charge in [-0.25, -0.2) is 14.8 Å². The van der Waals surface area contributed by atoms with Crippen molar-refractivity contribution in [1.82, 2.24) is 29.1 Å². The molecule has 0 aromatic carbocycles. The molecule has 0 saturated heterocycles. The molecule has 0 fully saturated rings. The average Bonchev–Trinajstić information content (AvgIpc) is 3.06. The molecule has 3 rings (SSSR count). The van der Waals surface area contributed by atoms with Gasteiger partial charge in [0.1, 0.15) is 18.5 Å². The van der Waals surface area contributed by atoms with Crippen LogP contribution in [0.1, 0.15) is 23.1 Å². The van der Waals surface area contributed by atoms with Gasteiger partial charge in [0.15, 0.2) is 5.69 Å². The van der Waals surface area contributed by atoms with Gasteiger partial charge in [0, 0.05) is 18.0 Å². The van der Waals surface area contributed by atoms with E-state index < -0.39 is 5.97 Å². The SMILES string of the molecule is CCc1cc(-n2cnc(C(=O)O)c2)n2ncnc2n1. The van der Waals surface area contributed by atoms with E-state index in [4.69, 9.17) is 5.11 Å². The van der Waals surface area contributed by atoms with Crippen molar-refractivity contribution in [2.24, 2.45) is 0 Å². The zero-order chi connectivity index (χ0) is 13.4. The van der Waals surface area contributed by atoms with E-state index in [2.05, 4.69) is 20.1 Å². The Morgan fingerprint density at radius 3 is 2.95 bits per heavy atom. The number of fused-ring (bicyclic) bond motifs is 1. The quantitative estimate of drug-likeness (QED) is 0.737. The van der Waals surface area contributed by atoms with Crippen LogP contribution in [0.4, 0.5) is 0 Å². The zero-order valence-corrected chi connectivity index (χ0v) is 10.1. The summed E-state index contributed by atoms with van der Waals surface area (Å²) in [5, 5.41) is 13.0. The lowest BCUT2D eigenvalue weighted by Crippen LogP contribution is -2.05. The molecule has 8 nitrogen and oxygen atoms in total. The molecule has 0 atom stereocenters. The summed E-state index contributed by atoms with van der Waals surface area (Å²) in [5.41, 5.74) is 0.823. The first-order chi connectivity index (χ1) is 9.19. The van der Waals surface area contributed by atoms with Crippen LogP contribution in [-0.4, -0.2) is 40.2 Å². The van der Waals surface area contributed by atoms with Crippen LogP contribution in [0.15, 0.2) is 24.9 Å². The van der Waals surface area contributed by atoms with Gasteiger partial charge in [0.2, 0.25) is 0 Å². The van der Waals surface area contributed by atoms with Crippen LogP contribution in [0.3, 0.4) is 0 Å². The van der Waals surface area contributed by atoms with E-state index in [1.165, 1.54) is 23.4 Å². The van der Waals surface area contributed by atoms with Crippen LogP contribution in [0.5, 0.6) is 0 Å². The molecule has 1 N–H and O–H groups in total. The maximum absolute atomic E-state index is 10.9. The van der Waals surface area contributed by atoms with E-state index in [9.17, 15) is 4.79 Å². The maximum Gasteiger partial charge on any atom is 0.356 e. The van der Waals surface area contributed by atoms with Crippen LogP contribution >= 0.6 is 0 Å². The molecular formula is C11H10N6O2. The summed E-state index contributed by atoms with van der Waals surface area (Å²) in [5.74, 6) is 0.0534. The third-order valence-corrected chi connectivity index (χ3v) is 2.71. The number of hydrogen-bond acceptors (Lipinski definition) is 5. The van der Waals surface area contributed by atoms with E-state index in [1.807, 2.05) is 13.0 Å². The van der Waals surface area contributed by atoms with Gasteiger partial charge < -0.3 is 5.11 Å². The molecule has 0 aliphatic rings. The molecule has 0 radical (unpaired) electrons. The minimum Gasteiger partial charge on any atom is -0.476 e. The lowest BCUT2D eigenvalue weighted by molar-refractivity contribution is 0.0691. The number of carbonyl (C=O) groups is 1. The number of imidazole rings is 1. The van der Waals surface area contributed by atoms with E-state index in [0.29, 0.717) is 11.6 Å². The number of hydrogen-bond donors (Lipinski definition) is 1. The summed E-state index contributed by atoms with van der Waals surface area (Å²) < 4.78 is 3.12. The molecule has 8 heteroatoms. The summed E-state index contributed by atoms with van der Waals surface area (Å²) in [6.45, 7) is 1.98. The highest BCUT2D eigenvalue weighted by atomic mass is 16.4. The first-order valence-electron chi connectivity index (χ1n) is 5.66. The molecule has 3 aromatic rings. The first-order valence-corrected chi connectivity index (χ1v) is 5.66. The van der Waals surface area contributed by atoms with Crippen LogP contribution in [-0.2, 0) is 6.42 Å². The monoisotopic (exact) mass is 258 g/mol. The molecule has 3 aromatic heterocycles. The maximum atomic E-state index is 10.9. The second-order valence-electron chi connectivity index (χ2n) is 3.90. The first kappa shape index (κ1) is 11.3. The molecule has 0 saturated carbocycles. The predicted octanol–water partition coefficient (Wildman–Crippen LogP) is 0.571. The topological polar surface area (TPSA) is 98.2 Å². The van der Waals surface area contributed by atoms with Gasteiger partial charge in [-0.05, 0) is 6.42 Å². The molecule has 19 heavy (non-hydrogen) atoms. The Morgan fingerprint density at radius 2 is 2.26 bits per heavy atom. The van der Waals surface area contributed by atoms with Crippen LogP contribution in [0.2, 0.25) is 0 Å². The largest absolute Gasteiger partial charge is 0.476 e. The van der Waals surface area contributed by atoms with Crippen molar-refractivity contribution in [2.45, 2.75) is 13.3 Å². The summed E-state index contributed by atoms with van der Waals surface area (Å²) in [6.07, 6.45) is 5.01. The van der Waals surface area contributed by atoms with Crippen molar-refractivity contribution in [2.75, 3.05) is 0 Å². The van der Waals surface area contributed by atoms with Gasteiger partial charge in [0.05, 0.1) is 0 Å². The number of aromatic nitrogens is 6. The molecule has 0 bridgehead atoms. The van der Waals surface area contributed by atoms with Gasteiger partial charge in [0.25, 0.3) is 5.78 Å². The Morgan fingerprint density at radius 1 is 1.42 bits per heavy atom. The summed E-state index contributed by atoms with van der Waals surface area (Å²) in [4.78, 5) is 23.0. The molecular weight excluding hydrogens is 248 g/mol. The van der Waals surface area contributed by atoms with Gasteiger partial charge >= 0.3 is 5.97 Å². The van der Waals surface area contributed by atoms with Gasteiger partial charge in [-0.15, -0.1) is 0 Å². The number of carboxylic acids is 1. The lowest BCUT2D eigenvalue weighted by atomic mass is 10.3. The number of aromatic carboxylic acids is 1. The Bertz CT molecular complexity index is 759. The second-order valence-corrected chi connectivity index (χ2v) is 3.90. The van der Waals surface area contributed by atoms with E-state index in [-0.39, 0.29) is 5.69 Å². The van der Waals surface area contributed by atoms with Gasteiger partial charge in [-0.3, -0.25) is 4.57 Å². The Labute approximate surface area is 107 Å². The smallest absolute Gasteiger partial charge is 0.356 e. The third kappa shape index (κ3) is 1.82. The lowest BCUT2D eigenvalue weighted by Gasteiger charge is -2.06. The highest BCUT2D eigenvalue weighted by molar-refractivity contribution is 5.85. The number of rotatable bonds is 3. The second kappa shape index (κ2) is 4.16. The molecule has 0 aliphatic carbocycles. The van der Waals surface area contributed by atoms with Crippen LogP contribution in [0, 0.1) is 0 Å². The Hall–Kier alpha value is -2.77. The minimum atomic E-state index is -1.07. The highest BCUT2D eigenvalue weighted by Crippen LogP contribution is 2.12. The molecule has 0 aliphatic heterocycles. The van der Waals surface area contributed by atoms with E-state index in [1.54, 1.807) is 4.57 Å². The highest BCUT2D eigenvalue weighted by Gasteiger charge is 2.12. The number of carboxylic acid groups (broad SMARTS) is 1. The fourth-order valence-electron chi connectivity index (χ4n) is 1.77.